The number of sulfonamides is 1. The van der Waals surface area contributed by atoms with Crippen molar-refractivity contribution in [2.24, 2.45) is 11.3 Å². The second kappa shape index (κ2) is 5.97. The first-order valence-corrected chi connectivity index (χ1v) is 8.98. The van der Waals surface area contributed by atoms with Gasteiger partial charge in [0.05, 0.1) is 5.69 Å². The van der Waals surface area contributed by atoms with Gasteiger partial charge in [-0.3, -0.25) is 0 Å². The molecular weight excluding hydrogens is 284 g/mol. The lowest BCUT2D eigenvalue weighted by Gasteiger charge is -2.38. The summed E-state index contributed by atoms with van der Waals surface area (Å²) in [5.41, 5.74) is 0.911. The first kappa shape index (κ1) is 16.3. The molecule has 0 amide bonds. The number of anilines is 1. The SMILES string of the molecule is CNc1ccccc1S(=O)(=O)N1CCC(C(C)(C)C)CC1. The van der Waals surface area contributed by atoms with Gasteiger partial charge in [0.2, 0.25) is 10.0 Å². The van der Waals surface area contributed by atoms with Gasteiger partial charge in [-0.15, -0.1) is 0 Å². The van der Waals surface area contributed by atoms with Gasteiger partial charge >= 0.3 is 0 Å². The van der Waals surface area contributed by atoms with Gasteiger partial charge in [0.1, 0.15) is 4.90 Å². The molecule has 1 saturated heterocycles. The zero-order valence-corrected chi connectivity index (χ0v) is 14.2. The van der Waals surface area contributed by atoms with Gasteiger partial charge < -0.3 is 5.32 Å². The molecule has 1 aliphatic heterocycles. The fourth-order valence-electron chi connectivity index (χ4n) is 3.00. The highest BCUT2D eigenvalue weighted by atomic mass is 32.2. The Balaban J connectivity index is 2.19. The Morgan fingerprint density at radius 3 is 2.24 bits per heavy atom. The van der Waals surface area contributed by atoms with Crippen LogP contribution in [0.15, 0.2) is 29.2 Å². The Bertz CT molecular complexity index is 583. The number of nitrogens with zero attached hydrogens (tertiary/aromatic N) is 1. The zero-order chi connectivity index (χ0) is 15.7. The average Bonchev–Trinajstić information content (AvgIpc) is 2.46. The Morgan fingerprint density at radius 2 is 1.71 bits per heavy atom. The summed E-state index contributed by atoms with van der Waals surface area (Å²) in [5.74, 6) is 0.587. The summed E-state index contributed by atoms with van der Waals surface area (Å²) in [6.07, 6.45) is 1.87. The first-order chi connectivity index (χ1) is 9.76. The molecule has 1 aliphatic rings. The summed E-state index contributed by atoms with van der Waals surface area (Å²) in [4.78, 5) is 0.377. The van der Waals surface area contributed by atoms with Crippen LogP contribution in [0.2, 0.25) is 0 Å². The minimum atomic E-state index is -3.40. The van der Waals surface area contributed by atoms with Gasteiger partial charge in [-0.25, -0.2) is 8.42 Å². The van der Waals surface area contributed by atoms with E-state index in [9.17, 15) is 8.42 Å². The van der Waals surface area contributed by atoms with Crippen molar-refractivity contribution in [3.63, 3.8) is 0 Å². The third-order valence-corrected chi connectivity index (χ3v) is 6.41. The van der Waals surface area contributed by atoms with E-state index in [2.05, 4.69) is 26.1 Å². The van der Waals surface area contributed by atoms with E-state index in [1.807, 2.05) is 6.07 Å². The van der Waals surface area contributed by atoms with Gasteiger partial charge in [-0.1, -0.05) is 32.9 Å². The smallest absolute Gasteiger partial charge is 0.245 e. The molecule has 1 aromatic carbocycles. The molecule has 1 N–H and O–H groups in total. The minimum Gasteiger partial charge on any atom is -0.387 e. The van der Waals surface area contributed by atoms with E-state index in [1.165, 1.54) is 0 Å². The van der Waals surface area contributed by atoms with Gasteiger partial charge in [-0.05, 0) is 36.3 Å². The highest BCUT2D eigenvalue weighted by Gasteiger charge is 2.34. The number of para-hydroxylation sites is 1. The molecule has 0 aromatic heterocycles. The number of hydrogen-bond acceptors (Lipinski definition) is 3. The maximum absolute atomic E-state index is 12.8. The molecule has 1 aromatic rings. The van der Waals surface area contributed by atoms with Crippen LogP contribution in [0.5, 0.6) is 0 Å². The van der Waals surface area contributed by atoms with E-state index in [4.69, 9.17) is 0 Å². The molecule has 5 heteroatoms. The lowest BCUT2D eigenvalue weighted by atomic mass is 9.76. The van der Waals surface area contributed by atoms with Crippen molar-refractivity contribution in [2.75, 3.05) is 25.5 Å². The maximum Gasteiger partial charge on any atom is 0.245 e. The third-order valence-electron chi connectivity index (χ3n) is 4.45. The number of rotatable bonds is 3. The van der Waals surface area contributed by atoms with E-state index in [-0.39, 0.29) is 5.41 Å². The third kappa shape index (κ3) is 3.40. The van der Waals surface area contributed by atoms with E-state index in [0.29, 0.717) is 29.6 Å². The van der Waals surface area contributed by atoms with E-state index in [1.54, 1.807) is 29.6 Å². The van der Waals surface area contributed by atoms with Crippen LogP contribution in [-0.4, -0.2) is 32.9 Å². The van der Waals surface area contributed by atoms with Crippen LogP contribution in [0, 0.1) is 11.3 Å². The van der Waals surface area contributed by atoms with Crippen molar-refractivity contribution in [3.8, 4) is 0 Å². The Labute approximate surface area is 128 Å². The van der Waals surface area contributed by atoms with Crippen LogP contribution >= 0.6 is 0 Å². The van der Waals surface area contributed by atoms with Gasteiger partial charge in [-0.2, -0.15) is 4.31 Å². The largest absolute Gasteiger partial charge is 0.387 e. The molecule has 1 fully saturated rings. The number of benzene rings is 1. The summed E-state index contributed by atoms with van der Waals surface area (Å²) >= 11 is 0. The number of nitrogens with one attached hydrogen (secondary N) is 1. The standard InChI is InChI=1S/C16H26N2O2S/c1-16(2,3)13-9-11-18(12-10-13)21(19,20)15-8-6-5-7-14(15)17-4/h5-8,13,17H,9-12H2,1-4H3. The molecule has 0 spiro atoms. The second-order valence-electron chi connectivity index (χ2n) is 6.79. The van der Waals surface area contributed by atoms with Crippen molar-refractivity contribution in [3.05, 3.63) is 24.3 Å². The summed E-state index contributed by atoms with van der Waals surface area (Å²) in [7, 11) is -1.65. The van der Waals surface area contributed by atoms with Crippen LogP contribution in [0.3, 0.4) is 0 Å². The maximum atomic E-state index is 12.8. The van der Waals surface area contributed by atoms with E-state index < -0.39 is 10.0 Å². The lowest BCUT2D eigenvalue weighted by Crippen LogP contribution is -2.41. The van der Waals surface area contributed by atoms with Crippen molar-refractivity contribution in [1.29, 1.82) is 0 Å². The Morgan fingerprint density at radius 1 is 1.14 bits per heavy atom. The predicted molar refractivity (Wildman–Crippen MR) is 86.9 cm³/mol. The van der Waals surface area contributed by atoms with Gasteiger partial charge in [0.25, 0.3) is 0 Å². The lowest BCUT2D eigenvalue weighted by molar-refractivity contribution is 0.154. The highest BCUT2D eigenvalue weighted by Crippen LogP contribution is 2.36. The quantitative estimate of drug-likeness (QED) is 0.933. The zero-order valence-electron chi connectivity index (χ0n) is 13.4. The molecule has 0 atom stereocenters. The topological polar surface area (TPSA) is 49.4 Å². The Hall–Kier alpha value is -1.07. The summed E-state index contributed by atoms with van der Waals surface area (Å²) in [5, 5.41) is 2.97. The molecule has 1 heterocycles. The van der Waals surface area contributed by atoms with Gasteiger partial charge in [0, 0.05) is 20.1 Å². The van der Waals surface area contributed by atoms with Crippen LogP contribution in [-0.2, 0) is 10.0 Å². The molecule has 0 unspecified atom stereocenters. The fourth-order valence-corrected chi connectivity index (χ4v) is 4.67. The molecule has 0 bridgehead atoms. The number of piperidine rings is 1. The predicted octanol–water partition coefficient (Wildman–Crippen LogP) is 3.18. The molecule has 0 aliphatic carbocycles. The summed E-state index contributed by atoms with van der Waals surface area (Å²) in [6.45, 7) is 7.93. The van der Waals surface area contributed by atoms with Crippen LogP contribution in [0.25, 0.3) is 0 Å². The molecule has 0 saturated carbocycles. The summed E-state index contributed by atoms with van der Waals surface area (Å²) < 4.78 is 27.2. The van der Waals surface area contributed by atoms with Gasteiger partial charge in [0.15, 0.2) is 0 Å². The van der Waals surface area contributed by atoms with Crippen molar-refractivity contribution >= 4 is 15.7 Å². The molecule has 0 radical (unpaired) electrons. The van der Waals surface area contributed by atoms with Crippen molar-refractivity contribution < 1.29 is 8.42 Å². The van der Waals surface area contributed by atoms with E-state index in [0.717, 1.165) is 12.8 Å². The van der Waals surface area contributed by atoms with Crippen LogP contribution in [0.4, 0.5) is 5.69 Å². The molecule has 21 heavy (non-hydrogen) atoms. The Kier molecular flexibility index (Phi) is 4.63. The molecular formula is C16H26N2O2S. The molecule has 118 valence electrons. The average molecular weight is 310 g/mol. The number of hydrogen-bond donors (Lipinski definition) is 1. The van der Waals surface area contributed by atoms with Crippen molar-refractivity contribution in [2.45, 2.75) is 38.5 Å². The van der Waals surface area contributed by atoms with Crippen LogP contribution in [0.1, 0.15) is 33.6 Å². The van der Waals surface area contributed by atoms with Crippen molar-refractivity contribution in [1.82, 2.24) is 4.31 Å². The second-order valence-corrected chi connectivity index (χ2v) is 8.70. The van der Waals surface area contributed by atoms with E-state index >= 15 is 0 Å². The van der Waals surface area contributed by atoms with Crippen LogP contribution < -0.4 is 5.32 Å². The fraction of sp³-hybridized carbons (Fsp3) is 0.625. The minimum absolute atomic E-state index is 0.249. The molecule has 4 nitrogen and oxygen atoms in total. The molecule has 2 rings (SSSR count). The monoisotopic (exact) mass is 310 g/mol. The summed E-state index contributed by atoms with van der Waals surface area (Å²) in [6, 6.07) is 7.10. The first-order valence-electron chi connectivity index (χ1n) is 7.54. The highest BCUT2D eigenvalue weighted by molar-refractivity contribution is 7.89. The normalized spacial score (nSPS) is 18.7.